The van der Waals surface area contributed by atoms with Gasteiger partial charge in [0.2, 0.25) is 0 Å². The summed E-state index contributed by atoms with van der Waals surface area (Å²) in [4.78, 5) is 0. The van der Waals surface area contributed by atoms with Gasteiger partial charge in [-0.25, -0.2) is 4.67 Å². The lowest BCUT2D eigenvalue weighted by Gasteiger charge is -2.29. The van der Waals surface area contributed by atoms with Gasteiger partial charge in [0.1, 0.15) is 0 Å². The molecule has 1 saturated heterocycles. The first-order valence-electron chi connectivity index (χ1n) is 4.12. The third-order valence-corrected chi connectivity index (χ3v) is 4.27. The summed E-state index contributed by atoms with van der Waals surface area (Å²) in [6, 6.07) is 0. The Morgan fingerprint density at radius 1 is 0.917 bits per heavy atom. The van der Waals surface area contributed by atoms with E-state index in [-0.39, 0.29) is 11.2 Å². The first-order valence-corrected chi connectivity index (χ1v) is 5.25. The molecule has 1 heterocycles. The van der Waals surface area contributed by atoms with Crippen LogP contribution in [-0.4, -0.2) is 30.0 Å². The molecular formula is C8H18NO2P. The topological polar surface area (TPSA) is 21.7 Å². The number of nitrogens with zero attached hydrogens (tertiary/aromatic N) is 1. The molecule has 0 N–H and O–H groups in total. The third-order valence-electron chi connectivity index (χ3n) is 2.39. The summed E-state index contributed by atoms with van der Waals surface area (Å²) in [6.45, 7) is 8.27. The van der Waals surface area contributed by atoms with Gasteiger partial charge in [-0.15, -0.1) is 0 Å². The Morgan fingerprint density at radius 3 is 1.42 bits per heavy atom. The minimum absolute atomic E-state index is 0.191. The van der Waals surface area contributed by atoms with Crippen molar-refractivity contribution < 1.29 is 9.05 Å². The van der Waals surface area contributed by atoms with Crippen LogP contribution in [0.4, 0.5) is 0 Å². The molecule has 0 bridgehead atoms. The van der Waals surface area contributed by atoms with Crippen molar-refractivity contribution in [3.8, 4) is 0 Å². The van der Waals surface area contributed by atoms with Crippen molar-refractivity contribution in [2.45, 2.75) is 38.9 Å². The standard InChI is InChI=1S/C8H18NO2P/c1-7(2)8(3,4)11-12(10-7)9(5)6/h1-6H3. The van der Waals surface area contributed by atoms with Crippen LogP contribution < -0.4 is 0 Å². The van der Waals surface area contributed by atoms with Gasteiger partial charge in [-0.3, -0.25) is 0 Å². The van der Waals surface area contributed by atoms with Crippen molar-refractivity contribution in [2.24, 2.45) is 0 Å². The van der Waals surface area contributed by atoms with Crippen molar-refractivity contribution in [1.82, 2.24) is 4.67 Å². The molecule has 4 heteroatoms. The fourth-order valence-electron chi connectivity index (χ4n) is 0.792. The molecule has 0 saturated carbocycles. The molecule has 0 amide bonds. The number of rotatable bonds is 1. The summed E-state index contributed by atoms with van der Waals surface area (Å²) in [6.07, 6.45) is 0. The molecule has 0 atom stereocenters. The summed E-state index contributed by atoms with van der Waals surface area (Å²) < 4.78 is 13.6. The van der Waals surface area contributed by atoms with Gasteiger partial charge >= 0.3 is 0 Å². The Morgan fingerprint density at radius 2 is 1.25 bits per heavy atom. The molecule has 1 aliphatic heterocycles. The summed E-state index contributed by atoms with van der Waals surface area (Å²) in [7, 11) is 3.10. The summed E-state index contributed by atoms with van der Waals surface area (Å²) in [5.41, 5.74) is -0.383. The van der Waals surface area contributed by atoms with Gasteiger partial charge in [0.05, 0.1) is 11.2 Å². The van der Waals surface area contributed by atoms with E-state index in [2.05, 4.69) is 27.7 Å². The Hall–Kier alpha value is 0.310. The highest BCUT2D eigenvalue weighted by Gasteiger charge is 2.50. The molecule has 72 valence electrons. The Bertz CT molecular complexity index is 164. The highest BCUT2D eigenvalue weighted by atomic mass is 31.2. The molecule has 0 unspecified atom stereocenters. The van der Waals surface area contributed by atoms with Gasteiger partial charge in [0, 0.05) is 0 Å². The fraction of sp³-hybridized carbons (Fsp3) is 1.00. The largest absolute Gasteiger partial charge is 0.313 e. The predicted octanol–water partition coefficient (Wildman–Crippen LogP) is 2.38. The van der Waals surface area contributed by atoms with Gasteiger partial charge in [-0.1, -0.05) is 0 Å². The van der Waals surface area contributed by atoms with Gasteiger partial charge in [0.25, 0.3) is 8.53 Å². The average molecular weight is 191 g/mol. The molecule has 1 rings (SSSR count). The number of hydrogen-bond acceptors (Lipinski definition) is 3. The Labute approximate surface area is 76.0 Å². The van der Waals surface area contributed by atoms with Crippen LogP contribution in [0.5, 0.6) is 0 Å². The van der Waals surface area contributed by atoms with E-state index in [1.54, 1.807) is 0 Å². The molecule has 3 nitrogen and oxygen atoms in total. The van der Waals surface area contributed by atoms with E-state index in [0.717, 1.165) is 0 Å². The van der Waals surface area contributed by atoms with E-state index >= 15 is 0 Å². The lowest BCUT2D eigenvalue weighted by Crippen LogP contribution is -2.41. The van der Waals surface area contributed by atoms with Crippen molar-refractivity contribution in [2.75, 3.05) is 14.1 Å². The zero-order valence-electron chi connectivity index (χ0n) is 8.71. The average Bonchev–Trinajstić information content (AvgIpc) is 2.03. The van der Waals surface area contributed by atoms with E-state index in [0.29, 0.717) is 0 Å². The maximum Gasteiger partial charge on any atom is 0.259 e. The third kappa shape index (κ3) is 1.64. The maximum atomic E-state index is 5.79. The van der Waals surface area contributed by atoms with Gasteiger partial charge < -0.3 is 9.05 Å². The van der Waals surface area contributed by atoms with Crippen molar-refractivity contribution >= 4 is 8.53 Å². The van der Waals surface area contributed by atoms with Crippen LogP contribution in [-0.2, 0) is 9.05 Å². The zero-order valence-corrected chi connectivity index (χ0v) is 9.61. The van der Waals surface area contributed by atoms with Crippen LogP contribution >= 0.6 is 8.53 Å². The Balaban J connectivity index is 2.74. The first kappa shape index (κ1) is 10.4. The maximum absolute atomic E-state index is 5.79. The van der Waals surface area contributed by atoms with Crippen molar-refractivity contribution in [1.29, 1.82) is 0 Å². The molecule has 0 radical (unpaired) electrons. The van der Waals surface area contributed by atoms with Gasteiger partial charge in [0.15, 0.2) is 0 Å². The summed E-state index contributed by atoms with van der Waals surface area (Å²) in [5, 5.41) is 0. The highest BCUT2D eigenvalue weighted by molar-refractivity contribution is 7.44. The quantitative estimate of drug-likeness (QED) is 0.594. The lowest BCUT2D eigenvalue weighted by molar-refractivity contribution is 0.00578. The molecule has 0 spiro atoms. The van der Waals surface area contributed by atoms with Crippen LogP contribution in [0.15, 0.2) is 0 Å². The van der Waals surface area contributed by atoms with Crippen LogP contribution in [0.2, 0.25) is 0 Å². The van der Waals surface area contributed by atoms with Crippen LogP contribution in [0.3, 0.4) is 0 Å². The zero-order chi connectivity index (χ0) is 9.57. The summed E-state index contributed by atoms with van der Waals surface area (Å²) >= 11 is 0. The SMILES string of the molecule is CN(C)P1OC(C)(C)C(C)(C)O1. The van der Waals surface area contributed by atoms with E-state index in [4.69, 9.17) is 9.05 Å². The Kier molecular flexibility index (Phi) is 2.52. The minimum atomic E-state index is -0.847. The smallest absolute Gasteiger partial charge is 0.259 e. The first-order chi connectivity index (χ1) is 5.26. The lowest BCUT2D eigenvalue weighted by atomic mass is 9.90. The minimum Gasteiger partial charge on any atom is -0.313 e. The summed E-state index contributed by atoms with van der Waals surface area (Å²) in [5.74, 6) is 0. The van der Waals surface area contributed by atoms with Crippen LogP contribution in [0.1, 0.15) is 27.7 Å². The van der Waals surface area contributed by atoms with Gasteiger partial charge in [-0.05, 0) is 41.8 Å². The normalized spacial score (nSPS) is 28.2. The molecule has 12 heavy (non-hydrogen) atoms. The van der Waals surface area contributed by atoms with Crippen molar-refractivity contribution in [3.63, 3.8) is 0 Å². The molecule has 0 aromatic heterocycles. The monoisotopic (exact) mass is 191 g/mol. The second-order valence-corrected chi connectivity index (χ2v) is 5.93. The van der Waals surface area contributed by atoms with Crippen LogP contribution in [0.25, 0.3) is 0 Å². The fourth-order valence-corrected chi connectivity index (χ4v) is 2.38. The van der Waals surface area contributed by atoms with E-state index in [1.165, 1.54) is 0 Å². The van der Waals surface area contributed by atoms with E-state index in [1.807, 2.05) is 18.8 Å². The number of hydrogen-bond donors (Lipinski definition) is 0. The second kappa shape index (κ2) is 2.91. The highest BCUT2D eigenvalue weighted by Crippen LogP contribution is 2.58. The van der Waals surface area contributed by atoms with E-state index in [9.17, 15) is 0 Å². The van der Waals surface area contributed by atoms with Crippen molar-refractivity contribution in [3.05, 3.63) is 0 Å². The molecule has 0 aromatic rings. The molecular weight excluding hydrogens is 173 g/mol. The molecule has 1 fully saturated rings. The molecule has 1 aliphatic rings. The van der Waals surface area contributed by atoms with Crippen LogP contribution in [0, 0.1) is 0 Å². The molecule has 0 aliphatic carbocycles. The predicted molar refractivity (Wildman–Crippen MR) is 50.9 cm³/mol. The van der Waals surface area contributed by atoms with Gasteiger partial charge in [-0.2, -0.15) is 0 Å². The second-order valence-electron chi connectivity index (χ2n) is 4.29. The van der Waals surface area contributed by atoms with E-state index < -0.39 is 8.53 Å². The molecule has 0 aromatic carbocycles.